The minimum atomic E-state index is -1.41. The lowest BCUT2D eigenvalue weighted by molar-refractivity contribution is -0.118. The Labute approximate surface area is 230 Å². The Hall–Kier alpha value is -3.08. The van der Waals surface area contributed by atoms with Crippen LogP contribution >= 0.6 is 11.6 Å². The molecular weight excluding hydrogens is 528 g/mol. The number of methoxy groups -OCH3 is 2. The topological polar surface area (TPSA) is 97.1 Å². The first-order valence-electron chi connectivity index (χ1n) is 12.4. The van der Waals surface area contributed by atoms with Gasteiger partial charge in [-0.25, -0.2) is 4.98 Å². The van der Waals surface area contributed by atoms with Crippen LogP contribution in [0.15, 0.2) is 46.9 Å². The number of halogens is 1. The zero-order chi connectivity index (χ0) is 27.1. The number of anilines is 1. The van der Waals surface area contributed by atoms with Crippen LogP contribution in [0.5, 0.6) is 11.5 Å². The summed E-state index contributed by atoms with van der Waals surface area (Å²) in [6.45, 7) is 6.65. The summed E-state index contributed by atoms with van der Waals surface area (Å²) in [5.41, 5.74) is 2.42. The molecule has 1 aromatic heterocycles. The van der Waals surface area contributed by atoms with Gasteiger partial charge >= 0.3 is 0 Å². The van der Waals surface area contributed by atoms with E-state index in [1.54, 1.807) is 33.3 Å². The molecule has 1 amide bonds. The van der Waals surface area contributed by atoms with Crippen molar-refractivity contribution in [3.05, 3.63) is 58.9 Å². The van der Waals surface area contributed by atoms with Crippen molar-refractivity contribution in [3.8, 4) is 23.0 Å². The highest BCUT2D eigenvalue weighted by Gasteiger charge is 2.19. The SMILES string of the molecule is COc1ccc(-c2nc(C[S@](=O)CC(=O)NCCN3CCN(c4cccc(Cl)c4)CC3)c(C)o2)cc1OC. The number of oxazole rings is 1. The Kier molecular flexibility index (Phi) is 9.65. The summed E-state index contributed by atoms with van der Waals surface area (Å²) in [5.74, 6) is 1.96. The number of carbonyl (C=O) groups excluding carboxylic acids is 1. The van der Waals surface area contributed by atoms with Crippen molar-refractivity contribution >= 4 is 34.0 Å². The van der Waals surface area contributed by atoms with E-state index in [9.17, 15) is 9.00 Å². The number of benzene rings is 2. The first-order valence-corrected chi connectivity index (χ1v) is 14.3. The third-order valence-electron chi connectivity index (χ3n) is 6.41. The maximum Gasteiger partial charge on any atom is 0.232 e. The molecule has 3 aromatic rings. The van der Waals surface area contributed by atoms with E-state index in [2.05, 4.69) is 26.2 Å². The van der Waals surface area contributed by atoms with Gasteiger partial charge in [0.15, 0.2) is 11.5 Å². The molecule has 1 saturated heterocycles. The Morgan fingerprint density at radius 1 is 1.11 bits per heavy atom. The molecule has 204 valence electrons. The van der Waals surface area contributed by atoms with Gasteiger partial charge in [0.25, 0.3) is 0 Å². The zero-order valence-corrected chi connectivity index (χ0v) is 23.4. The van der Waals surface area contributed by atoms with Crippen molar-refractivity contribution in [1.29, 1.82) is 0 Å². The molecule has 0 bridgehead atoms. The van der Waals surface area contributed by atoms with Gasteiger partial charge in [-0.05, 0) is 43.3 Å². The number of nitrogens with one attached hydrogen (secondary N) is 1. The first kappa shape index (κ1) is 27.9. The summed E-state index contributed by atoms with van der Waals surface area (Å²) in [4.78, 5) is 21.5. The minimum absolute atomic E-state index is 0.0828. The standard InChI is InChI=1S/C27H33ClN4O5S/c1-19-23(30-27(37-19)20-7-8-24(35-2)25(15-20)36-3)17-38(34)18-26(33)29-9-10-31-11-13-32(14-12-31)22-6-4-5-21(28)16-22/h4-8,15-16H,9-14,17-18H2,1-3H3,(H,29,33)/t38-/m0/s1. The molecule has 1 aliphatic heterocycles. The Bertz CT molecular complexity index is 1280. The number of carbonyl (C=O) groups is 1. The number of hydrogen-bond acceptors (Lipinski definition) is 8. The lowest BCUT2D eigenvalue weighted by Crippen LogP contribution is -2.48. The van der Waals surface area contributed by atoms with Gasteiger partial charge in [-0.2, -0.15) is 0 Å². The normalized spacial score (nSPS) is 14.8. The number of aryl methyl sites for hydroxylation is 1. The Balaban J connectivity index is 1.20. The average molecular weight is 561 g/mol. The molecule has 1 fully saturated rings. The number of ether oxygens (including phenoxy) is 2. The van der Waals surface area contributed by atoms with E-state index in [4.69, 9.17) is 25.5 Å². The van der Waals surface area contributed by atoms with Crippen molar-refractivity contribution in [2.75, 3.05) is 64.1 Å². The van der Waals surface area contributed by atoms with Gasteiger partial charge in [0.1, 0.15) is 11.5 Å². The smallest absolute Gasteiger partial charge is 0.232 e. The van der Waals surface area contributed by atoms with Crippen LogP contribution in [0.4, 0.5) is 5.69 Å². The number of rotatable bonds is 11. The second kappa shape index (κ2) is 13.1. The van der Waals surface area contributed by atoms with E-state index in [1.165, 1.54) is 0 Å². The predicted octanol–water partition coefficient (Wildman–Crippen LogP) is 3.51. The maximum absolute atomic E-state index is 12.7. The van der Waals surface area contributed by atoms with Crippen LogP contribution in [0, 0.1) is 6.92 Å². The van der Waals surface area contributed by atoms with Crippen LogP contribution in [0.2, 0.25) is 5.02 Å². The first-order chi connectivity index (χ1) is 18.4. The summed E-state index contributed by atoms with van der Waals surface area (Å²) >= 11 is 6.11. The van der Waals surface area contributed by atoms with Crippen LogP contribution in [0.3, 0.4) is 0 Å². The van der Waals surface area contributed by atoms with Crippen molar-refractivity contribution in [3.63, 3.8) is 0 Å². The molecule has 0 radical (unpaired) electrons. The van der Waals surface area contributed by atoms with Gasteiger partial charge in [0.2, 0.25) is 11.8 Å². The largest absolute Gasteiger partial charge is 0.493 e. The van der Waals surface area contributed by atoms with E-state index >= 15 is 0 Å². The van der Waals surface area contributed by atoms with E-state index < -0.39 is 10.8 Å². The lowest BCUT2D eigenvalue weighted by atomic mass is 10.2. The molecule has 2 aromatic carbocycles. The number of piperazine rings is 1. The van der Waals surface area contributed by atoms with E-state index in [0.717, 1.165) is 43.4 Å². The summed E-state index contributed by atoms with van der Waals surface area (Å²) in [6.07, 6.45) is 0. The highest BCUT2D eigenvalue weighted by Crippen LogP contribution is 2.32. The maximum atomic E-state index is 12.7. The highest BCUT2D eigenvalue weighted by atomic mass is 35.5. The van der Waals surface area contributed by atoms with Gasteiger partial charge in [-0.3, -0.25) is 13.9 Å². The van der Waals surface area contributed by atoms with E-state index in [-0.39, 0.29) is 17.4 Å². The highest BCUT2D eigenvalue weighted by molar-refractivity contribution is 7.84. The molecule has 0 spiro atoms. The third-order valence-corrected chi connectivity index (χ3v) is 7.82. The van der Waals surface area contributed by atoms with E-state index in [1.807, 2.05) is 24.3 Å². The van der Waals surface area contributed by atoms with Crippen LogP contribution in [-0.4, -0.2) is 79.2 Å². The van der Waals surface area contributed by atoms with E-state index in [0.29, 0.717) is 41.0 Å². The summed E-state index contributed by atoms with van der Waals surface area (Å²) in [6, 6.07) is 13.3. The van der Waals surface area contributed by atoms with Gasteiger partial charge in [-0.1, -0.05) is 17.7 Å². The van der Waals surface area contributed by atoms with Crippen LogP contribution in [0.25, 0.3) is 11.5 Å². The average Bonchev–Trinajstić information content (AvgIpc) is 3.28. The molecule has 38 heavy (non-hydrogen) atoms. The van der Waals surface area contributed by atoms with Gasteiger partial charge in [-0.15, -0.1) is 0 Å². The van der Waals surface area contributed by atoms with Gasteiger partial charge in [0.05, 0.1) is 25.7 Å². The van der Waals surface area contributed by atoms with Crippen molar-refractivity contribution in [1.82, 2.24) is 15.2 Å². The fourth-order valence-corrected chi connectivity index (χ4v) is 5.57. The fourth-order valence-electron chi connectivity index (χ4n) is 4.31. The molecule has 1 aliphatic rings. The van der Waals surface area contributed by atoms with Crippen LogP contribution < -0.4 is 19.7 Å². The Morgan fingerprint density at radius 3 is 2.58 bits per heavy atom. The van der Waals surface area contributed by atoms with Crippen molar-refractivity contribution in [2.45, 2.75) is 12.7 Å². The molecule has 0 unspecified atom stereocenters. The molecule has 1 atom stereocenters. The molecule has 1 N–H and O–H groups in total. The van der Waals surface area contributed by atoms with Crippen LogP contribution in [0.1, 0.15) is 11.5 Å². The second-order valence-electron chi connectivity index (χ2n) is 8.98. The fraction of sp³-hybridized carbons (Fsp3) is 0.407. The third kappa shape index (κ3) is 7.27. The zero-order valence-electron chi connectivity index (χ0n) is 21.9. The summed E-state index contributed by atoms with van der Waals surface area (Å²) in [7, 11) is 1.72. The number of hydrogen-bond donors (Lipinski definition) is 1. The number of amides is 1. The number of nitrogens with zero attached hydrogens (tertiary/aromatic N) is 3. The molecule has 9 nitrogen and oxygen atoms in total. The summed E-state index contributed by atoms with van der Waals surface area (Å²) in [5, 5.41) is 3.63. The quantitative estimate of drug-likeness (QED) is 0.380. The lowest BCUT2D eigenvalue weighted by Gasteiger charge is -2.36. The molecule has 11 heteroatoms. The van der Waals surface area contributed by atoms with Crippen molar-refractivity contribution < 1.29 is 22.9 Å². The van der Waals surface area contributed by atoms with Gasteiger partial charge < -0.3 is 24.1 Å². The predicted molar refractivity (Wildman–Crippen MR) is 150 cm³/mol. The van der Waals surface area contributed by atoms with Crippen molar-refractivity contribution in [2.24, 2.45) is 0 Å². The molecule has 4 rings (SSSR count). The molecule has 0 saturated carbocycles. The molecule has 0 aliphatic carbocycles. The second-order valence-corrected chi connectivity index (χ2v) is 10.9. The molecule has 2 heterocycles. The Morgan fingerprint density at radius 2 is 1.87 bits per heavy atom. The number of aromatic nitrogens is 1. The van der Waals surface area contributed by atoms with Crippen LogP contribution in [-0.2, 0) is 21.3 Å². The van der Waals surface area contributed by atoms with Gasteiger partial charge in [0, 0.05) is 66.3 Å². The minimum Gasteiger partial charge on any atom is -0.493 e. The summed E-state index contributed by atoms with van der Waals surface area (Å²) < 4.78 is 29.1. The monoisotopic (exact) mass is 560 g/mol. The molecular formula is C27H33ClN4O5S.